The number of nitrogens with zero attached hydrogens (tertiary/aromatic N) is 1. The molecule has 1 saturated carbocycles. The van der Waals surface area contributed by atoms with Crippen molar-refractivity contribution in [3.8, 4) is 6.07 Å². The molecule has 0 spiro atoms. The van der Waals surface area contributed by atoms with E-state index in [1.54, 1.807) is 0 Å². The molecule has 2 rings (SSSR count). The topological polar surface area (TPSA) is 23.8 Å². The molecule has 1 unspecified atom stereocenters. The predicted molar refractivity (Wildman–Crippen MR) is 90.6 cm³/mol. The van der Waals surface area contributed by atoms with E-state index in [4.69, 9.17) is 0 Å². The zero-order valence-electron chi connectivity index (χ0n) is 13.3. The monoisotopic (exact) mass is 347 g/mol. The molecule has 21 heavy (non-hydrogen) atoms. The Bertz CT molecular complexity index is 526. The normalized spacial score (nSPS) is 26.1. The van der Waals surface area contributed by atoms with Crippen LogP contribution in [0.3, 0.4) is 0 Å². The number of nitriles is 1. The molecule has 0 heterocycles. The molecule has 1 fully saturated rings. The van der Waals surface area contributed by atoms with Gasteiger partial charge in [-0.05, 0) is 0 Å². The Balaban J connectivity index is 2.10. The van der Waals surface area contributed by atoms with Crippen molar-refractivity contribution >= 4 is 19.4 Å². The minimum absolute atomic E-state index is 0.145. The number of benzene rings is 1. The van der Waals surface area contributed by atoms with Crippen LogP contribution in [-0.4, -0.2) is 15.0 Å². The van der Waals surface area contributed by atoms with E-state index in [2.05, 4.69) is 57.7 Å². The Morgan fingerprint density at radius 2 is 2.05 bits per heavy atom. The molecule has 1 aliphatic carbocycles. The van der Waals surface area contributed by atoms with Crippen LogP contribution in [0, 0.1) is 28.6 Å². The van der Waals surface area contributed by atoms with Gasteiger partial charge in [-0.15, -0.1) is 0 Å². The fourth-order valence-electron chi connectivity index (χ4n) is 3.29. The van der Waals surface area contributed by atoms with Crippen LogP contribution in [-0.2, 0) is 0 Å². The van der Waals surface area contributed by atoms with Gasteiger partial charge in [0.1, 0.15) is 0 Å². The van der Waals surface area contributed by atoms with Crippen molar-refractivity contribution in [2.75, 3.05) is 0 Å². The first kappa shape index (κ1) is 16.3. The average molecular weight is 346 g/mol. The SMILES string of the molecule is C=C1CC[C@H](C)C(C)(C)[C@@H]1CC(C#N)[Se]c1ccccc1. The van der Waals surface area contributed by atoms with Gasteiger partial charge in [0, 0.05) is 0 Å². The zero-order chi connectivity index (χ0) is 15.5. The molecule has 3 atom stereocenters. The maximum absolute atomic E-state index is 9.58. The van der Waals surface area contributed by atoms with Crippen LogP contribution >= 0.6 is 0 Å². The maximum atomic E-state index is 9.58. The summed E-state index contributed by atoms with van der Waals surface area (Å²) in [5.74, 6) is 1.19. The zero-order valence-corrected chi connectivity index (χ0v) is 15.0. The van der Waals surface area contributed by atoms with E-state index in [-0.39, 0.29) is 25.2 Å². The molecule has 112 valence electrons. The van der Waals surface area contributed by atoms with Crippen LogP contribution in [0.5, 0.6) is 0 Å². The van der Waals surface area contributed by atoms with E-state index in [0.29, 0.717) is 11.8 Å². The van der Waals surface area contributed by atoms with Crippen molar-refractivity contribution in [2.45, 2.75) is 44.9 Å². The first-order valence-corrected chi connectivity index (χ1v) is 9.58. The standard InChI is InChI=1S/C19H25NSe/c1-14-10-11-15(2)19(3,4)18(14)12-17(13-20)21-16-8-6-5-7-9-16/h5-9,15,17-18H,1,10-12H2,2-4H3/t15-,17?,18+/m0/s1. The van der Waals surface area contributed by atoms with Crippen molar-refractivity contribution in [3.05, 3.63) is 42.5 Å². The molecule has 1 nitrogen and oxygen atoms in total. The Hall–Kier alpha value is -1.03. The van der Waals surface area contributed by atoms with Crippen LogP contribution in [0.15, 0.2) is 42.5 Å². The molecule has 0 bridgehead atoms. The first-order valence-electron chi connectivity index (χ1n) is 7.74. The fraction of sp³-hybridized carbons (Fsp3) is 0.526. The summed E-state index contributed by atoms with van der Waals surface area (Å²) >= 11 is 0.229. The van der Waals surface area contributed by atoms with Crippen LogP contribution in [0.25, 0.3) is 0 Å². The molecule has 1 aromatic rings. The quantitative estimate of drug-likeness (QED) is 0.587. The van der Waals surface area contributed by atoms with Crippen LogP contribution in [0.2, 0.25) is 4.82 Å². The van der Waals surface area contributed by atoms with E-state index in [1.807, 2.05) is 6.07 Å². The summed E-state index contributed by atoms with van der Waals surface area (Å²) in [6.07, 6.45) is 3.34. The van der Waals surface area contributed by atoms with Crippen molar-refractivity contribution in [1.82, 2.24) is 0 Å². The molecular formula is C19H25NSe. The Morgan fingerprint density at radius 3 is 2.67 bits per heavy atom. The molecule has 0 radical (unpaired) electrons. The molecule has 1 aliphatic rings. The summed E-state index contributed by atoms with van der Waals surface area (Å²) in [5, 5.41) is 9.58. The third-order valence-electron chi connectivity index (χ3n) is 5.17. The third-order valence-corrected chi connectivity index (χ3v) is 7.54. The third kappa shape index (κ3) is 3.79. The van der Waals surface area contributed by atoms with Gasteiger partial charge < -0.3 is 0 Å². The van der Waals surface area contributed by atoms with Crippen LogP contribution in [0.1, 0.15) is 40.0 Å². The fourth-order valence-corrected chi connectivity index (χ4v) is 5.36. The Morgan fingerprint density at radius 1 is 1.38 bits per heavy atom. The van der Waals surface area contributed by atoms with Gasteiger partial charge >= 0.3 is 135 Å². The Labute approximate surface area is 135 Å². The second-order valence-corrected chi connectivity index (χ2v) is 9.43. The summed E-state index contributed by atoms with van der Waals surface area (Å²) in [7, 11) is 0. The van der Waals surface area contributed by atoms with Gasteiger partial charge in [0.05, 0.1) is 0 Å². The first-order chi connectivity index (χ1) is 9.95. The van der Waals surface area contributed by atoms with Crippen molar-refractivity contribution in [1.29, 1.82) is 5.26 Å². The van der Waals surface area contributed by atoms with E-state index in [9.17, 15) is 5.26 Å². The summed E-state index contributed by atoms with van der Waals surface area (Å²) in [6, 6.07) is 13.0. The molecule has 0 aliphatic heterocycles. The predicted octanol–water partition coefficient (Wildman–Crippen LogP) is 4.35. The van der Waals surface area contributed by atoms with Gasteiger partial charge in [-0.25, -0.2) is 0 Å². The number of allylic oxidation sites excluding steroid dienone is 1. The summed E-state index contributed by atoms with van der Waals surface area (Å²) in [6.45, 7) is 11.4. The van der Waals surface area contributed by atoms with Crippen molar-refractivity contribution in [3.63, 3.8) is 0 Å². The molecule has 1 aromatic carbocycles. The van der Waals surface area contributed by atoms with Gasteiger partial charge in [0.15, 0.2) is 0 Å². The molecule has 0 aromatic heterocycles. The second-order valence-electron chi connectivity index (χ2n) is 6.76. The average Bonchev–Trinajstić information content (AvgIpc) is 2.47. The van der Waals surface area contributed by atoms with Gasteiger partial charge in [0.2, 0.25) is 0 Å². The summed E-state index contributed by atoms with van der Waals surface area (Å²) < 4.78 is 1.32. The minimum atomic E-state index is 0.145. The second kappa shape index (κ2) is 6.82. The molecule has 0 N–H and O–H groups in total. The summed E-state index contributed by atoms with van der Waals surface area (Å²) in [5.41, 5.74) is 1.62. The number of hydrogen-bond acceptors (Lipinski definition) is 1. The van der Waals surface area contributed by atoms with Gasteiger partial charge in [-0.1, -0.05) is 0 Å². The molecule has 2 heteroatoms. The van der Waals surface area contributed by atoms with Gasteiger partial charge in [0.25, 0.3) is 0 Å². The summed E-state index contributed by atoms with van der Waals surface area (Å²) in [4.78, 5) is 0.145. The molecule has 0 saturated heterocycles. The van der Waals surface area contributed by atoms with Crippen molar-refractivity contribution < 1.29 is 0 Å². The van der Waals surface area contributed by atoms with E-state index in [0.717, 1.165) is 12.8 Å². The van der Waals surface area contributed by atoms with E-state index < -0.39 is 0 Å². The van der Waals surface area contributed by atoms with Crippen LogP contribution < -0.4 is 4.46 Å². The van der Waals surface area contributed by atoms with E-state index in [1.165, 1.54) is 16.5 Å². The molecule has 0 amide bonds. The van der Waals surface area contributed by atoms with Gasteiger partial charge in [-0.3, -0.25) is 0 Å². The number of hydrogen-bond donors (Lipinski definition) is 0. The molecular weight excluding hydrogens is 321 g/mol. The van der Waals surface area contributed by atoms with E-state index >= 15 is 0 Å². The van der Waals surface area contributed by atoms with Crippen molar-refractivity contribution in [2.24, 2.45) is 17.3 Å². The number of rotatable bonds is 4. The Kier molecular flexibility index (Phi) is 5.31. The van der Waals surface area contributed by atoms with Gasteiger partial charge in [-0.2, -0.15) is 0 Å². The van der Waals surface area contributed by atoms with Crippen LogP contribution in [0.4, 0.5) is 0 Å².